The van der Waals surface area contributed by atoms with Gasteiger partial charge in [0.05, 0.1) is 17.9 Å². The van der Waals surface area contributed by atoms with Gasteiger partial charge >= 0.3 is 5.97 Å². The number of ketones is 1. The number of esters is 1. The molecule has 1 amide bonds. The third-order valence-electron chi connectivity index (χ3n) is 3.68. The van der Waals surface area contributed by atoms with Crippen LogP contribution >= 0.6 is 0 Å². The predicted octanol–water partition coefficient (Wildman–Crippen LogP) is 0.635. The lowest BCUT2D eigenvalue weighted by atomic mass is 10.1. The molecule has 7 nitrogen and oxygen atoms in total. The van der Waals surface area contributed by atoms with Gasteiger partial charge in [0, 0.05) is 18.0 Å². The first-order valence-electron chi connectivity index (χ1n) is 7.69. The highest BCUT2D eigenvalue weighted by atomic mass is 32.2. The Balaban J connectivity index is 1.67. The van der Waals surface area contributed by atoms with E-state index in [0.717, 1.165) is 12.1 Å². The highest BCUT2D eigenvalue weighted by Gasteiger charge is 2.29. The summed E-state index contributed by atoms with van der Waals surface area (Å²) in [4.78, 5) is 35.0. The third-order valence-corrected chi connectivity index (χ3v) is 5.45. The standard InChI is InChI=1S/C16H18FNO6S/c17-12-3-1-11(2-4-12)14(19)5-6-16(21)24-9-15(20)18-13-7-8-25(22,23)10-13/h1-4,13H,5-10H2,(H,18,20)/t13-/m1/s1. The number of carbonyl (C=O) groups excluding carboxylic acids is 3. The Bertz CT molecular complexity index is 759. The van der Waals surface area contributed by atoms with Crippen LogP contribution in [0.1, 0.15) is 29.6 Å². The molecule has 1 N–H and O–H groups in total. The van der Waals surface area contributed by atoms with Crippen LogP contribution in [0.2, 0.25) is 0 Å². The van der Waals surface area contributed by atoms with Gasteiger partial charge in [-0.1, -0.05) is 0 Å². The molecule has 1 atom stereocenters. The Morgan fingerprint density at radius 3 is 2.44 bits per heavy atom. The molecule has 0 unspecified atom stereocenters. The van der Waals surface area contributed by atoms with Crippen molar-refractivity contribution in [2.75, 3.05) is 18.1 Å². The lowest BCUT2D eigenvalue weighted by molar-refractivity contribution is -0.148. The maximum atomic E-state index is 12.8. The quantitative estimate of drug-likeness (QED) is 0.557. The number of Topliss-reactive ketones (excluding diaryl/α,β-unsaturated/α-hetero) is 1. The van der Waals surface area contributed by atoms with Gasteiger partial charge in [0.2, 0.25) is 0 Å². The average molecular weight is 371 g/mol. The van der Waals surface area contributed by atoms with Crippen LogP contribution in [0.5, 0.6) is 0 Å². The summed E-state index contributed by atoms with van der Waals surface area (Å²) < 4.78 is 40.1. The van der Waals surface area contributed by atoms with Gasteiger partial charge in [0.1, 0.15) is 5.82 Å². The predicted molar refractivity (Wildman–Crippen MR) is 86.1 cm³/mol. The summed E-state index contributed by atoms with van der Waals surface area (Å²) in [6.07, 6.45) is 0.0163. The number of rotatable bonds is 7. The van der Waals surface area contributed by atoms with Gasteiger partial charge < -0.3 is 10.1 Å². The number of benzene rings is 1. The monoisotopic (exact) mass is 371 g/mol. The van der Waals surface area contributed by atoms with Gasteiger partial charge in [0.25, 0.3) is 5.91 Å². The molecule has 1 aliphatic heterocycles. The molecule has 136 valence electrons. The fraction of sp³-hybridized carbons (Fsp3) is 0.438. The van der Waals surface area contributed by atoms with Crippen molar-refractivity contribution < 1.29 is 31.9 Å². The van der Waals surface area contributed by atoms with Gasteiger partial charge in [-0.25, -0.2) is 12.8 Å². The van der Waals surface area contributed by atoms with Crippen LogP contribution in [0.4, 0.5) is 4.39 Å². The topological polar surface area (TPSA) is 107 Å². The summed E-state index contributed by atoms with van der Waals surface area (Å²) in [6.45, 7) is -0.528. The largest absolute Gasteiger partial charge is 0.456 e. The highest BCUT2D eigenvalue weighted by Crippen LogP contribution is 2.11. The number of amides is 1. The van der Waals surface area contributed by atoms with Crippen molar-refractivity contribution >= 4 is 27.5 Å². The van der Waals surface area contributed by atoms with E-state index < -0.39 is 40.2 Å². The van der Waals surface area contributed by atoms with Gasteiger partial charge in [-0.05, 0) is 30.7 Å². The van der Waals surface area contributed by atoms with Crippen molar-refractivity contribution in [1.82, 2.24) is 5.32 Å². The fourth-order valence-electron chi connectivity index (χ4n) is 2.39. The van der Waals surface area contributed by atoms with E-state index in [0.29, 0.717) is 6.42 Å². The molecule has 1 saturated heterocycles. The van der Waals surface area contributed by atoms with Crippen LogP contribution in [0.15, 0.2) is 24.3 Å². The Kier molecular flexibility index (Phi) is 6.24. The molecule has 1 aliphatic rings. The van der Waals surface area contributed by atoms with E-state index in [1.54, 1.807) is 0 Å². The van der Waals surface area contributed by atoms with Gasteiger partial charge in [-0.3, -0.25) is 14.4 Å². The van der Waals surface area contributed by atoms with Crippen LogP contribution in [0, 0.1) is 5.82 Å². The lowest BCUT2D eigenvalue weighted by Crippen LogP contribution is -2.38. The molecule has 0 aromatic heterocycles. The van der Waals surface area contributed by atoms with E-state index in [2.05, 4.69) is 5.32 Å². The van der Waals surface area contributed by atoms with Crippen molar-refractivity contribution in [3.8, 4) is 0 Å². The van der Waals surface area contributed by atoms with Gasteiger partial charge in [-0.2, -0.15) is 0 Å². The van der Waals surface area contributed by atoms with Crippen LogP contribution < -0.4 is 5.32 Å². The Labute approximate surface area is 144 Å². The van der Waals surface area contributed by atoms with Crippen LogP contribution in [0.25, 0.3) is 0 Å². The van der Waals surface area contributed by atoms with E-state index in [-0.39, 0.29) is 35.7 Å². The van der Waals surface area contributed by atoms with Gasteiger partial charge in [-0.15, -0.1) is 0 Å². The van der Waals surface area contributed by atoms with Crippen molar-refractivity contribution in [3.63, 3.8) is 0 Å². The zero-order valence-corrected chi connectivity index (χ0v) is 14.2. The molecule has 0 aliphatic carbocycles. The second-order valence-corrected chi connectivity index (χ2v) is 7.99. The van der Waals surface area contributed by atoms with Crippen LogP contribution in [0.3, 0.4) is 0 Å². The first-order valence-corrected chi connectivity index (χ1v) is 9.51. The zero-order valence-electron chi connectivity index (χ0n) is 13.4. The molecule has 1 aromatic rings. The number of carbonyl (C=O) groups is 3. The molecule has 0 bridgehead atoms. The summed E-state index contributed by atoms with van der Waals surface area (Å²) >= 11 is 0. The van der Waals surface area contributed by atoms with Crippen molar-refractivity contribution in [1.29, 1.82) is 0 Å². The van der Waals surface area contributed by atoms with Crippen molar-refractivity contribution in [2.45, 2.75) is 25.3 Å². The number of hydrogen-bond acceptors (Lipinski definition) is 6. The fourth-order valence-corrected chi connectivity index (χ4v) is 4.07. The molecular formula is C16H18FNO6S. The Morgan fingerprint density at radius 1 is 1.16 bits per heavy atom. The SMILES string of the molecule is O=C(COC(=O)CCC(=O)c1ccc(F)cc1)N[C@@H]1CCS(=O)(=O)C1. The third kappa shape index (κ3) is 6.26. The maximum Gasteiger partial charge on any atom is 0.306 e. The Morgan fingerprint density at radius 2 is 1.84 bits per heavy atom. The molecule has 0 saturated carbocycles. The van der Waals surface area contributed by atoms with Crippen LogP contribution in [-0.4, -0.2) is 50.2 Å². The number of sulfone groups is 1. The van der Waals surface area contributed by atoms with E-state index in [1.807, 2.05) is 0 Å². The minimum Gasteiger partial charge on any atom is -0.456 e. The maximum absolute atomic E-state index is 12.8. The summed E-state index contributed by atoms with van der Waals surface area (Å²) in [6, 6.07) is 4.49. The smallest absolute Gasteiger partial charge is 0.306 e. The molecule has 1 heterocycles. The Hall–Kier alpha value is -2.29. The van der Waals surface area contributed by atoms with Crippen molar-refractivity contribution in [3.05, 3.63) is 35.6 Å². The summed E-state index contributed by atoms with van der Waals surface area (Å²) in [5, 5.41) is 2.49. The molecule has 25 heavy (non-hydrogen) atoms. The first-order chi connectivity index (χ1) is 11.7. The molecule has 1 fully saturated rings. The number of halogens is 1. The van der Waals surface area contributed by atoms with Gasteiger partial charge in [0.15, 0.2) is 22.2 Å². The first kappa shape index (κ1) is 19.0. The van der Waals surface area contributed by atoms with Crippen LogP contribution in [-0.2, 0) is 24.2 Å². The molecule has 0 spiro atoms. The lowest BCUT2D eigenvalue weighted by Gasteiger charge is -2.11. The molecule has 0 radical (unpaired) electrons. The minimum atomic E-state index is -3.10. The normalized spacial score (nSPS) is 18.5. The van der Waals surface area contributed by atoms with E-state index >= 15 is 0 Å². The summed E-state index contributed by atoms with van der Waals surface area (Å²) in [5.41, 5.74) is 0.286. The zero-order chi connectivity index (χ0) is 18.4. The van der Waals surface area contributed by atoms with Crippen molar-refractivity contribution in [2.24, 2.45) is 0 Å². The van der Waals surface area contributed by atoms with E-state index in [9.17, 15) is 27.2 Å². The number of ether oxygens (including phenoxy) is 1. The molecular weight excluding hydrogens is 353 g/mol. The summed E-state index contributed by atoms with van der Waals surface area (Å²) in [5.74, 6) is -2.18. The molecule has 9 heteroatoms. The second kappa shape index (κ2) is 8.19. The van der Waals surface area contributed by atoms with E-state index in [4.69, 9.17) is 4.74 Å². The molecule has 2 rings (SSSR count). The molecule has 1 aromatic carbocycles. The number of hydrogen-bond donors (Lipinski definition) is 1. The highest BCUT2D eigenvalue weighted by molar-refractivity contribution is 7.91. The number of nitrogens with one attached hydrogen (secondary N) is 1. The minimum absolute atomic E-state index is 0.0310. The summed E-state index contributed by atoms with van der Waals surface area (Å²) in [7, 11) is -3.10. The van der Waals surface area contributed by atoms with E-state index in [1.165, 1.54) is 12.1 Å². The average Bonchev–Trinajstić information content (AvgIpc) is 2.90. The second-order valence-electron chi connectivity index (χ2n) is 5.76.